The van der Waals surface area contributed by atoms with Crippen LogP contribution in [-0.2, 0) is 18.6 Å². The summed E-state index contributed by atoms with van der Waals surface area (Å²) in [6.45, 7) is 2.84. The van der Waals surface area contributed by atoms with Crippen LogP contribution in [0.1, 0.15) is 122 Å². The van der Waals surface area contributed by atoms with Gasteiger partial charge in [-0.05, 0) is 19.3 Å². The third-order valence-corrected chi connectivity index (χ3v) is 8.62. The quantitative estimate of drug-likeness (QED) is 0.0487. The highest BCUT2D eigenvalue weighted by Gasteiger charge is 2.70. The smallest absolute Gasteiger partial charge is 0.387 e. The number of phosphoric acid groups is 1. The van der Waals surface area contributed by atoms with Crippen molar-refractivity contribution in [1.82, 2.24) is 0 Å². The van der Waals surface area contributed by atoms with Crippen LogP contribution in [0.3, 0.4) is 0 Å². The molecule has 1 aliphatic rings. The Morgan fingerprint density at radius 3 is 1.48 bits per heavy atom. The molecule has 1 aliphatic carbocycles. The maximum Gasteiger partial charge on any atom is 0.470 e. The lowest BCUT2D eigenvalue weighted by atomic mass is 9.70. The Bertz CT molecular complexity index is 693. The minimum atomic E-state index is -5.34. The maximum absolute atomic E-state index is 11.7. The summed E-state index contributed by atoms with van der Waals surface area (Å²) in [5.41, 5.74) is -2.63. The summed E-state index contributed by atoms with van der Waals surface area (Å²) >= 11 is 0. The van der Waals surface area contributed by atoms with Crippen molar-refractivity contribution < 1.29 is 53.9 Å². The van der Waals surface area contributed by atoms with E-state index >= 15 is 0 Å². The molecule has 1 saturated carbocycles. The fourth-order valence-electron chi connectivity index (χ4n) is 5.63. The molecule has 12 heteroatoms. The Balaban J connectivity index is 2.23. The second-order valence-electron chi connectivity index (χ2n) is 11.3. The van der Waals surface area contributed by atoms with Crippen LogP contribution in [-0.4, -0.2) is 91.4 Å². The SMILES string of the molecule is CCCCCCCCCCCCCCCCCCOCCCC1(OP(=O)(O)O)[C@@H](O)[C@@H](O)C(O)[C@@H](O)[C@]1(O)OC. The van der Waals surface area contributed by atoms with Gasteiger partial charge in [-0.1, -0.05) is 103 Å². The summed E-state index contributed by atoms with van der Waals surface area (Å²) in [6.07, 6.45) is 11.4. The topological polar surface area (TPSA) is 186 Å². The van der Waals surface area contributed by atoms with E-state index in [1.165, 1.54) is 83.5 Å². The predicted octanol–water partition coefficient (Wildman–Crippen LogP) is 3.69. The number of rotatable bonds is 24. The highest BCUT2D eigenvalue weighted by molar-refractivity contribution is 7.46. The summed E-state index contributed by atoms with van der Waals surface area (Å²) in [4.78, 5) is 18.9. The van der Waals surface area contributed by atoms with Crippen molar-refractivity contribution in [3.05, 3.63) is 0 Å². The molecule has 0 bridgehead atoms. The van der Waals surface area contributed by atoms with Crippen LogP contribution < -0.4 is 0 Å². The van der Waals surface area contributed by atoms with Crippen molar-refractivity contribution in [1.29, 1.82) is 0 Å². The standard InChI is InChI=1S/C28H57O11P/c1-3-4-5-6-7-8-9-10-11-12-13-14-15-16-17-18-21-38-22-19-20-27(39-40(34,35)36)25(31)23(29)24(30)26(32)28(27,33)37-2/h23-26,29-33H,3-22H2,1-2H3,(H2,34,35,36)/t23-,24?,25-,26+,27?,28-/m0/s1. The second-order valence-corrected chi connectivity index (χ2v) is 12.4. The molecule has 7 N–H and O–H groups in total. The molecule has 2 unspecified atom stereocenters. The number of aliphatic hydroxyl groups excluding tert-OH is 4. The molecule has 0 aromatic rings. The fourth-order valence-corrected chi connectivity index (χ4v) is 6.39. The van der Waals surface area contributed by atoms with E-state index < -0.39 is 50.0 Å². The van der Waals surface area contributed by atoms with E-state index in [1.807, 2.05) is 0 Å². The molecule has 0 aromatic heterocycles. The van der Waals surface area contributed by atoms with Gasteiger partial charge in [0.1, 0.15) is 24.4 Å². The number of unbranched alkanes of at least 4 members (excludes halogenated alkanes) is 15. The van der Waals surface area contributed by atoms with Crippen LogP contribution in [0.5, 0.6) is 0 Å². The number of ether oxygens (including phenoxy) is 2. The first-order chi connectivity index (χ1) is 19.0. The van der Waals surface area contributed by atoms with Crippen LogP contribution in [0.2, 0.25) is 0 Å². The van der Waals surface area contributed by atoms with Crippen LogP contribution in [0, 0.1) is 0 Å². The Morgan fingerprint density at radius 2 is 1.05 bits per heavy atom. The summed E-state index contributed by atoms with van der Waals surface area (Å²) in [6, 6.07) is 0. The predicted molar refractivity (Wildman–Crippen MR) is 151 cm³/mol. The van der Waals surface area contributed by atoms with Gasteiger partial charge >= 0.3 is 7.82 Å². The zero-order chi connectivity index (χ0) is 30.1. The van der Waals surface area contributed by atoms with Crippen molar-refractivity contribution in [3.8, 4) is 0 Å². The van der Waals surface area contributed by atoms with Gasteiger partial charge in [0, 0.05) is 20.3 Å². The molecule has 6 atom stereocenters. The van der Waals surface area contributed by atoms with Crippen LogP contribution in [0.4, 0.5) is 0 Å². The zero-order valence-corrected chi connectivity index (χ0v) is 25.6. The molecule has 0 aromatic carbocycles. The summed E-state index contributed by atoms with van der Waals surface area (Å²) in [5, 5.41) is 52.0. The lowest BCUT2D eigenvalue weighted by molar-refractivity contribution is -0.388. The minimum Gasteiger partial charge on any atom is -0.387 e. The molecule has 0 aliphatic heterocycles. The Labute approximate surface area is 240 Å². The average Bonchev–Trinajstić information content (AvgIpc) is 2.92. The van der Waals surface area contributed by atoms with Crippen LogP contribution in [0.15, 0.2) is 0 Å². The van der Waals surface area contributed by atoms with E-state index in [9.17, 15) is 39.9 Å². The highest BCUT2D eigenvalue weighted by atomic mass is 31.2. The van der Waals surface area contributed by atoms with E-state index in [1.54, 1.807) is 0 Å². The van der Waals surface area contributed by atoms with E-state index in [4.69, 9.17) is 14.0 Å². The van der Waals surface area contributed by atoms with Crippen molar-refractivity contribution >= 4 is 7.82 Å². The first-order valence-electron chi connectivity index (χ1n) is 15.3. The first kappa shape index (κ1) is 37.9. The van der Waals surface area contributed by atoms with Gasteiger partial charge in [0.15, 0.2) is 5.60 Å². The average molecular weight is 601 g/mol. The monoisotopic (exact) mass is 600 g/mol. The molecule has 40 heavy (non-hydrogen) atoms. The summed E-state index contributed by atoms with van der Waals surface area (Å²) in [5.74, 6) is -2.92. The fraction of sp³-hybridized carbons (Fsp3) is 1.00. The number of phosphoric ester groups is 1. The van der Waals surface area contributed by atoms with Crippen LogP contribution >= 0.6 is 7.82 Å². The molecule has 0 saturated heterocycles. The molecule has 240 valence electrons. The van der Waals surface area contributed by atoms with Gasteiger partial charge < -0.3 is 44.8 Å². The van der Waals surface area contributed by atoms with Gasteiger partial charge in [0.25, 0.3) is 0 Å². The molecular weight excluding hydrogens is 543 g/mol. The number of methoxy groups -OCH3 is 1. The molecule has 1 fully saturated rings. The van der Waals surface area contributed by atoms with E-state index in [0.29, 0.717) is 6.61 Å². The lowest BCUT2D eigenvalue weighted by Gasteiger charge is -2.55. The van der Waals surface area contributed by atoms with Gasteiger partial charge in [-0.2, -0.15) is 0 Å². The van der Waals surface area contributed by atoms with E-state index in [-0.39, 0.29) is 13.0 Å². The minimum absolute atomic E-state index is 0.0527. The lowest BCUT2D eigenvalue weighted by Crippen LogP contribution is -2.78. The van der Waals surface area contributed by atoms with Gasteiger partial charge in [-0.25, -0.2) is 4.57 Å². The van der Waals surface area contributed by atoms with Gasteiger partial charge in [-0.15, -0.1) is 0 Å². The van der Waals surface area contributed by atoms with Gasteiger partial charge in [0.2, 0.25) is 5.79 Å². The van der Waals surface area contributed by atoms with Crippen molar-refractivity contribution in [2.24, 2.45) is 0 Å². The Morgan fingerprint density at radius 1 is 0.650 bits per heavy atom. The molecule has 0 radical (unpaired) electrons. The number of hydrogen-bond acceptors (Lipinski definition) is 9. The molecular formula is C28H57O11P. The molecule has 0 amide bonds. The van der Waals surface area contributed by atoms with E-state index in [0.717, 1.165) is 26.4 Å². The summed E-state index contributed by atoms with van der Waals surface area (Å²) < 4.78 is 27.0. The van der Waals surface area contributed by atoms with Gasteiger partial charge in [0.05, 0.1) is 0 Å². The van der Waals surface area contributed by atoms with Gasteiger partial charge in [-0.3, -0.25) is 4.52 Å². The van der Waals surface area contributed by atoms with Crippen molar-refractivity contribution in [3.63, 3.8) is 0 Å². The van der Waals surface area contributed by atoms with E-state index in [2.05, 4.69) is 6.92 Å². The zero-order valence-electron chi connectivity index (χ0n) is 24.7. The summed E-state index contributed by atoms with van der Waals surface area (Å²) in [7, 11) is -4.42. The molecule has 1 rings (SSSR count). The number of aliphatic hydroxyl groups is 5. The number of hydrogen-bond donors (Lipinski definition) is 7. The van der Waals surface area contributed by atoms with Crippen molar-refractivity contribution in [2.45, 2.75) is 158 Å². The third kappa shape index (κ3) is 12.2. The van der Waals surface area contributed by atoms with Crippen LogP contribution in [0.25, 0.3) is 0 Å². The largest absolute Gasteiger partial charge is 0.470 e. The maximum atomic E-state index is 11.7. The Kier molecular flexibility index (Phi) is 18.8. The molecule has 11 nitrogen and oxygen atoms in total. The first-order valence-corrected chi connectivity index (χ1v) is 16.8. The molecule has 0 heterocycles. The third-order valence-electron chi connectivity index (χ3n) is 8.05. The molecule has 0 spiro atoms. The Hall–Kier alpha value is -0.170. The normalized spacial score (nSPS) is 29.2. The van der Waals surface area contributed by atoms with Crippen molar-refractivity contribution in [2.75, 3.05) is 20.3 Å². The highest BCUT2D eigenvalue weighted by Crippen LogP contribution is 2.53. The second kappa shape index (κ2) is 19.9.